The summed E-state index contributed by atoms with van der Waals surface area (Å²) in [7, 11) is 1.37. The number of hydrogen-bond acceptors (Lipinski definition) is 5. The number of benzene rings is 1. The number of thiophene rings is 1. The van der Waals surface area contributed by atoms with Crippen molar-refractivity contribution in [2.45, 2.75) is 52.6 Å². The minimum absolute atomic E-state index is 0.281. The van der Waals surface area contributed by atoms with Crippen LogP contribution in [0.25, 0.3) is 0 Å². The van der Waals surface area contributed by atoms with E-state index in [1.54, 1.807) is 6.92 Å². The largest absolute Gasteiger partial charge is 0.481 e. The highest BCUT2D eigenvalue weighted by molar-refractivity contribution is 7.17. The molecule has 0 spiro atoms. The molecule has 1 unspecified atom stereocenters. The lowest BCUT2D eigenvalue weighted by molar-refractivity contribution is -0.122. The molecular weight excluding hydrogens is 362 g/mol. The molecule has 0 fully saturated rings. The lowest BCUT2D eigenvalue weighted by Crippen LogP contribution is -2.30. The number of anilines is 1. The molecule has 27 heavy (non-hydrogen) atoms. The summed E-state index contributed by atoms with van der Waals surface area (Å²) in [5.74, 6) is -0.0242. The summed E-state index contributed by atoms with van der Waals surface area (Å²) in [5, 5.41) is 3.45. The van der Waals surface area contributed by atoms with E-state index >= 15 is 0 Å². The third kappa shape index (κ3) is 4.16. The molecule has 1 aliphatic rings. The molecule has 1 amide bonds. The van der Waals surface area contributed by atoms with E-state index in [0.29, 0.717) is 16.3 Å². The fourth-order valence-corrected chi connectivity index (χ4v) is 4.51. The molecule has 0 bridgehead atoms. The molecule has 1 N–H and O–H groups in total. The quantitative estimate of drug-likeness (QED) is 0.771. The van der Waals surface area contributed by atoms with E-state index in [9.17, 15) is 9.59 Å². The van der Waals surface area contributed by atoms with E-state index in [2.05, 4.69) is 5.32 Å². The molecule has 1 heterocycles. The van der Waals surface area contributed by atoms with Gasteiger partial charge in [-0.15, -0.1) is 11.3 Å². The summed E-state index contributed by atoms with van der Waals surface area (Å²) in [4.78, 5) is 26.1. The molecule has 0 radical (unpaired) electrons. The predicted molar refractivity (Wildman–Crippen MR) is 107 cm³/mol. The monoisotopic (exact) mass is 387 g/mol. The van der Waals surface area contributed by atoms with E-state index in [-0.39, 0.29) is 5.91 Å². The van der Waals surface area contributed by atoms with Crippen LogP contribution in [0.4, 0.5) is 5.00 Å². The minimum Gasteiger partial charge on any atom is -0.481 e. The Hall–Kier alpha value is -2.34. The van der Waals surface area contributed by atoms with Crippen molar-refractivity contribution in [2.24, 2.45) is 0 Å². The number of nitrogens with one attached hydrogen (secondary N) is 1. The number of methoxy groups -OCH3 is 1. The average Bonchev–Trinajstić information content (AvgIpc) is 3.01. The second kappa shape index (κ2) is 8.13. The van der Waals surface area contributed by atoms with Gasteiger partial charge in [0.05, 0.1) is 12.7 Å². The Morgan fingerprint density at radius 2 is 1.89 bits per heavy atom. The van der Waals surface area contributed by atoms with Crippen LogP contribution in [0, 0.1) is 13.8 Å². The second-order valence-electron chi connectivity index (χ2n) is 6.90. The highest BCUT2D eigenvalue weighted by atomic mass is 32.1. The van der Waals surface area contributed by atoms with Gasteiger partial charge in [-0.05, 0) is 75.3 Å². The van der Waals surface area contributed by atoms with Crippen molar-refractivity contribution in [3.05, 3.63) is 45.3 Å². The van der Waals surface area contributed by atoms with Crippen LogP contribution < -0.4 is 10.1 Å². The van der Waals surface area contributed by atoms with Crippen LogP contribution in [-0.4, -0.2) is 25.1 Å². The minimum atomic E-state index is -0.684. The molecule has 0 saturated carbocycles. The van der Waals surface area contributed by atoms with Crippen LogP contribution in [0.5, 0.6) is 5.75 Å². The number of carbonyl (C=O) groups is 2. The highest BCUT2D eigenvalue weighted by Gasteiger charge is 2.28. The summed E-state index contributed by atoms with van der Waals surface area (Å²) < 4.78 is 10.7. The van der Waals surface area contributed by atoms with Gasteiger partial charge in [0, 0.05) is 4.88 Å². The van der Waals surface area contributed by atoms with E-state index in [1.807, 2.05) is 32.0 Å². The number of rotatable bonds is 5. The molecule has 5 nitrogen and oxygen atoms in total. The molecule has 1 aromatic carbocycles. The standard InChI is InChI=1S/C21H25NO4S/c1-12-9-10-15(11-13(12)2)26-14(3)19(23)22-20-18(21(24)25-4)16-7-5-6-8-17(16)27-20/h9-11,14H,5-8H2,1-4H3,(H,22,23). The maximum absolute atomic E-state index is 12.7. The van der Waals surface area contributed by atoms with Gasteiger partial charge in [-0.2, -0.15) is 0 Å². The Morgan fingerprint density at radius 3 is 2.59 bits per heavy atom. The molecule has 6 heteroatoms. The van der Waals surface area contributed by atoms with Crippen LogP contribution in [-0.2, 0) is 22.4 Å². The van der Waals surface area contributed by atoms with Crippen molar-refractivity contribution in [3.8, 4) is 5.75 Å². The number of amides is 1. The van der Waals surface area contributed by atoms with Crippen LogP contribution in [0.3, 0.4) is 0 Å². The van der Waals surface area contributed by atoms with Crippen molar-refractivity contribution in [1.29, 1.82) is 0 Å². The third-order valence-corrected chi connectivity index (χ3v) is 6.17. The van der Waals surface area contributed by atoms with Crippen LogP contribution in [0.15, 0.2) is 18.2 Å². The lowest BCUT2D eigenvalue weighted by Gasteiger charge is -2.16. The molecule has 1 aromatic heterocycles. The SMILES string of the molecule is COC(=O)c1c(NC(=O)C(C)Oc2ccc(C)c(C)c2)sc2c1CCCC2. The Labute approximate surface area is 163 Å². The van der Waals surface area contributed by atoms with Crippen LogP contribution in [0.1, 0.15) is 51.7 Å². The van der Waals surface area contributed by atoms with E-state index in [1.165, 1.54) is 28.9 Å². The van der Waals surface area contributed by atoms with Crippen molar-refractivity contribution >= 4 is 28.2 Å². The Kier molecular flexibility index (Phi) is 5.85. The first-order chi connectivity index (χ1) is 12.9. The van der Waals surface area contributed by atoms with Crippen molar-refractivity contribution in [1.82, 2.24) is 0 Å². The summed E-state index contributed by atoms with van der Waals surface area (Å²) >= 11 is 1.47. The van der Waals surface area contributed by atoms with Crippen molar-refractivity contribution in [2.75, 3.05) is 12.4 Å². The third-order valence-electron chi connectivity index (χ3n) is 4.96. The number of esters is 1. The van der Waals surface area contributed by atoms with Crippen LogP contribution >= 0.6 is 11.3 Å². The number of ether oxygens (including phenoxy) is 2. The van der Waals surface area contributed by atoms with E-state index in [4.69, 9.17) is 9.47 Å². The maximum Gasteiger partial charge on any atom is 0.341 e. The molecule has 2 aromatic rings. The van der Waals surface area contributed by atoms with Crippen molar-refractivity contribution < 1.29 is 19.1 Å². The summed E-state index contributed by atoms with van der Waals surface area (Å²) in [6.45, 7) is 5.74. The fourth-order valence-electron chi connectivity index (χ4n) is 3.23. The van der Waals surface area contributed by atoms with Gasteiger partial charge in [0.15, 0.2) is 6.10 Å². The number of hydrogen-bond donors (Lipinski definition) is 1. The number of carbonyl (C=O) groups excluding carboxylic acids is 2. The fraction of sp³-hybridized carbons (Fsp3) is 0.429. The molecule has 1 aliphatic carbocycles. The number of fused-ring (bicyclic) bond motifs is 1. The first-order valence-corrected chi connectivity index (χ1v) is 10.00. The molecule has 1 atom stereocenters. The van der Waals surface area contributed by atoms with Gasteiger partial charge in [0.2, 0.25) is 0 Å². The van der Waals surface area contributed by atoms with Crippen LogP contribution in [0.2, 0.25) is 0 Å². The zero-order valence-corrected chi connectivity index (χ0v) is 17.0. The predicted octanol–water partition coefficient (Wildman–Crippen LogP) is 4.44. The summed E-state index contributed by atoms with van der Waals surface area (Å²) in [6, 6.07) is 5.75. The van der Waals surface area contributed by atoms with Crippen molar-refractivity contribution in [3.63, 3.8) is 0 Å². The summed E-state index contributed by atoms with van der Waals surface area (Å²) in [5.41, 5.74) is 3.81. The van der Waals surface area contributed by atoms with Gasteiger partial charge in [-0.1, -0.05) is 6.07 Å². The van der Waals surface area contributed by atoms with Gasteiger partial charge in [-0.25, -0.2) is 4.79 Å². The first-order valence-electron chi connectivity index (χ1n) is 9.18. The Bertz CT molecular complexity index is 871. The maximum atomic E-state index is 12.7. The van der Waals surface area contributed by atoms with Gasteiger partial charge >= 0.3 is 5.97 Å². The number of aryl methyl sites for hydroxylation is 3. The van der Waals surface area contributed by atoms with E-state index < -0.39 is 12.1 Å². The molecule has 0 saturated heterocycles. The average molecular weight is 388 g/mol. The topological polar surface area (TPSA) is 64.6 Å². The molecule has 0 aliphatic heterocycles. The molecular formula is C21H25NO4S. The lowest BCUT2D eigenvalue weighted by atomic mass is 9.95. The van der Waals surface area contributed by atoms with E-state index in [0.717, 1.165) is 36.8 Å². The zero-order valence-electron chi connectivity index (χ0n) is 16.2. The molecule has 144 valence electrons. The molecule has 3 rings (SSSR count). The Balaban J connectivity index is 1.77. The van der Waals surface area contributed by atoms with Gasteiger partial charge < -0.3 is 14.8 Å². The van der Waals surface area contributed by atoms with Gasteiger partial charge in [0.25, 0.3) is 5.91 Å². The zero-order chi connectivity index (χ0) is 19.6. The normalized spacial score (nSPS) is 14.2. The first kappa shape index (κ1) is 19.4. The van der Waals surface area contributed by atoms with Gasteiger partial charge in [-0.3, -0.25) is 4.79 Å². The second-order valence-corrected chi connectivity index (χ2v) is 8.01. The van der Waals surface area contributed by atoms with Gasteiger partial charge in [0.1, 0.15) is 10.8 Å². The smallest absolute Gasteiger partial charge is 0.341 e. The summed E-state index contributed by atoms with van der Waals surface area (Å²) in [6.07, 6.45) is 3.26. The Morgan fingerprint density at radius 1 is 1.15 bits per heavy atom. The highest BCUT2D eigenvalue weighted by Crippen LogP contribution is 2.38.